The summed E-state index contributed by atoms with van der Waals surface area (Å²) in [5.41, 5.74) is 3.31. The molecule has 0 atom stereocenters. The first-order chi connectivity index (χ1) is 14.7. The number of methoxy groups -OCH3 is 1. The van der Waals surface area contributed by atoms with E-state index in [1.165, 1.54) is 0 Å². The van der Waals surface area contributed by atoms with Crippen LogP contribution in [0.5, 0.6) is 5.75 Å². The Morgan fingerprint density at radius 3 is 2.63 bits per heavy atom. The van der Waals surface area contributed by atoms with Crippen molar-refractivity contribution in [2.24, 2.45) is 0 Å². The highest BCUT2D eigenvalue weighted by atomic mass is 16.5. The second-order valence-electron chi connectivity index (χ2n) is 7.58. The van der Waals surface area contributed by atoms with Gasteiger partial charge in [-0.3, -0.25) is 9.25 Å². The van der Waals surface area contributed by atoms with Crippen LogP contribution in [0, 0.1) is 0 Å². The molecule has 0 unspecified atom stereocenters. The maximum absolute atomic E-state index is 5.24. The zero-order valence-corrected chi connectivity index (χ0v) is 17.1. The Hall–Kier alpha value is -3.46. The third kappa shape index (κ3) is 3.59. The van der Waals surface area contributed by atoms with Gasteiger partial charge in [0.1, 0.15) is 17.6 Å². The number of hydrogen-bond acceptors (Lipinski definition) is 7. The van der Waals surface area contributed by atoms with Crippen molar-refractivity contribution in [3.05, 3.63) is 49.2 Å². The number of ether oxygens (including phenoxy) is 1. The van der Waals surface area contributed by atoms with E-state index in [-0.39, 0.29) is 0 Å². The lowest BCUT2D eigenvalue weighted by Crippen LogP contribution is -2.31. The number of nitrogens with zero attached hydrogens (tertiary/aromatic N) is 7. The highest BCUT2D eigenvalue weighted by molar-refractivity contribution is 5.74. The molecule has 1 aromatic carbocycles. The number of piperidine rings is 1. The SMILES string of the molecule is COc1ccc(-n2cnc3cnc(Nc4cnn(C5CCN(C)CC5)c4)nc32)cc1. The van der Waals surface area contributed by atoms with Crippen molar-refractivity contribution in [1.82, 2.24) is 34.2 Å². The Bertz CT molecular complexity index is 1140. The number of hydrogen-bond donors (Lipinski definition) is 1. The van der Waals surface area contributed by atoms with E-state index in [0.717, 1.165) is 54.2 Å². The molecule has 154 valence electrons. The Balaban J connectivity index is 1.37. The molecule has 4 heterocycles. The third-order valence-electron chi connectivity index (χ3n) is 5.56. The van der Waals surface area contributed by atoms with Gasteiger partial charge < -0.3 is 15.0 Å². The number of benzene rings is 1. The maximum atomic E-state index is 5.24. The van der Waals surface area contributed by atoms with Gasteiger partial charge in [0.25, 0.3) is 0 Å². The first-order valence-corrected chi connectivity index (χ1v) is 10.0. The molecule has 0 spiro atoms. The normalized spacial score (nSPS) is 15.5. The molecule has 9 nitrogen and oxygen atoms in total. The molecule has 1 aliphatic heterocycles. The van der Waals surface area contributed by atoms with Crippen molar-refractivity contribution in [1.29, 1.82) is 0 Å². The largest absolute Gasteiger partial charge is 0.497 e. The van der Waals surface area contributed by atoms with Gasteiger partial charge in [-0.1, -0.05) is 0 Å². The monoisotopic (exact) mass is 404 g/mol. The van der Waals surface area contributed by atoms with Crippen molar-refractivity contribution in [2.75, 3.05) is 32.6 Å². The van der Waals surface area contributed by atoms with Gasteiger partial charge >= 0.3 is 0 Å². The van der Waals surface area contributed by atoms with Crippen molar-refractivity contribution in [3.63, 3.8) is 0 Å². The Morgan fingerprint density at radius 1 is 1.07 bits per heavy atom. The highest BCUT2D eigenvalue weighted by Gasteiger charge is 2.19. The number of nitrogens with one attached hydrogen (secondary N) is 1. The van der Waals surface area contributed by atoms with Gasteiger partial charge in [0.05, 0.1) is 31.2 Å². The van der Waals surface area contributed by atoms with Gasteiger partial charge in [0.2, 0.25) is 5.95 Å². The van der Waals surface area contributed by atoms with Crippen LogP contribution in [0.15, 0.2) is 49.2 Å². The van der Waals surface area contributed by atoms with Crippen LogP contribution in [0.2, 0.25) is 0 Å². The van der Waals surface area contributed by atoms with E-state index in [0.29, 0.717) is 12.0 Å². The number of anilines is 2. The molecule has 5 rings (SSSR count). The van der Waals surface area contributed by atoms with Gasteiger partial charge in [-0.25, -0.2) is 9.97 Å². The molecule has 0 bridgehead atoms. The van der Waals surface area contributed by atoms with Crippen molar-refractivity contribution in [3.8, 4) is 11.4 Å². The standard InChI is InChI=1S/C21H24N8O/c1-27-9-7-17(8-10-27)29-13-15(11-24-29)25-21-22-12-19-20(26-21)28(14-23-19)16-3-5-18(30-2)6-4-16/h3-6,11-14,17H,7-10H2,1-2H3,(H,22,25,26). The zero-order valence-electron chi connectivity index (χ0n) is 17.1. The van der Waals surface area contributed by atoms with Crippen LogP contribution in [-0.2, 0) is 0 Å². The summed E-state index contributed by atoms with van der Waals surface area (Å²) in [5.74, 6) is 1.32. The summed E-state index contributed by atoms with van der Waals surface area (Å²) in [5, 5.41) is 7.82. The number of fused-ring (bicyclic) bond motifs is 1. The van der Waals surface area contributed by atoms with Crippen molar-refractivity contribution in [2.45, 2.75) is 18.9 Å². The van der Waals surface area contributed by atoms with Gasteiger partial charge in [0, 0.05) is 11.9 Å². The lowest BCUT2D eigenvalue weighted by atomic mass is 10.1. The number of imidazole rings is 1. The maximum Gasteiger partial charge on any atom is 0.229 e. The van der Waals surface area contributed by atoms with E-state index < -0.39 is 0 Å². The minimum atomic E-state index is 0.441. The van der Waals surface area contributed by atoms with Crippen LogP contribution in [0.3, 0.4) is 0 Å². The number of aromatic nitrogens is 6. The summed E-state index contributed by atoms with van der Waals surface area (Å²) in [4.78, 5) is 15.9. The minimum Gasteiger partial charge on any atom is -0.497 e. The summed E-state index contributed by atoms with van der Waals surface area (Å²) in [6.07, 6.45) is 9.56. The quantitative estimate of drug-likeness (QED) is 0.547. The summed E-state index contributed by atoms with van der Waals surface area (Å²) in [6.45, 7) is 2.20. The smallest absolute Gasteiger partial charge is 0.229 e. The molecule has 0 amide bonds. The molecule has 0 radical (unpaired) electrons. The fraction of sp³-hybridized carbons (Fsp3) is 0.333. The second kappa shape index (κ2) is 7.75. The fourth-order valence-electron chi connectivity index (χ4n) is 3.79. The van der Waals surface area contributed by atoms with Gasteiger partial charge in [-0.05, 0) is 57.2 Å². The molecular formula is C21H24N8O. The lowest BCUT2D eigenvalue weighted by Gasteiger charge is -2.28. The average molecular weight is 404 g/mol. The van der Waals surface area contributed by atoms with E-state index in [4.69, 9.17) is 4.74 Å². The first-order valence-electron chi connectivity index (χ1n) is 10.0. The molecule has 0 aliphatic carbocycles. The zero-order chi connectivity index (χ0) is 20.5. The summed E-state index contributed by atoms with van der Waals surface area (Å²) >= 11 is 0. The Labute approximate surface area is 174 Å². The average Bonchev–Trinajstić information content (AvgIpc) is 3.41. The predicted molar refractivity (Wildman–Crippen MR) is 114 cm³/mol. The molecule has 1 fully saturated rings. The molecule has 1 saturated heterocycles. The van der Waals surface area contributed by atoms with Crippen LogP contribution < -0.4 is 10.1 Å². The van der Waals surface area contributed by atoms with Crippen molar-refractivity contribution >= 4 is 22.8 Å². The van der Waals surface area contributed by atoms with E-state index >= 15 is 0 Å². The molecule has 1 aliphatic rings. The molecule has 30 heavy (non-hydrogen) atoms. The highest BCUT2D eigenvalue weighted by Crippen LogP contribution is 2.24. The second-order valence-corrected chi connectivity index (χ2v) is 7.58. The van der Waals surface area contributed by atoms with Crippen molar-refractivity contribution < 1.29 is 4.74 Å². The summed E-state index contributed by atoms with van der Waals surface area (Å²) < 4.78 is 9.22. The third-order valence-corrected chi connectivity index (χ3v) is 5.56. The van der Waals surface area contributed by atoms with E-state index in [1.807, 2.05) is 41.2 Å². The molecule has 1 N–H and O–H groups in total. The van der Waals surface area contributed by atoms with E-state index in [2.05, 4.69) is 42.0 Å². The fourth-order valence-corrected chi connectivity index (χ4v) is 3.79. The van der Waals surface area contributed by atoms with Crippen LogP contribution in [0.25, 0.3) is 16.9 Å². The van der Waals surface area contributed by atoms with Gasteiger partial charge in [-0.2, -0.15) is 10.1 Å². The van der Waals surface area contributed by atoms with Crippen LogP contribution in [0.4, 0.5) is 11.6 Å². The lowest BCUT2D eigenvalue weighted by molar-refractivity contribution is 0.212. The predicted octanol–water partition coefficient (Wildman–Crippen LogP) is 3.03. The first kappa shape index (κ1) is 18.6. The molecule has 9 heteroatoms. The van der Waals surface area contributed by atoms with Crippen LogP contribution >= 0.6 is 0 Å². The van der Waals surface area contributed by atoms with Gasteiger partial charge in [-0.15, -0.1) is 0 Å². The van der Waals surface area contributed by atoms with Gasteiger partial charge in [0.15, 0.2) is 5.65 Å². The van der Waals surface area contributed by atoms with Crippen LogP contribution in [-0.4, -0.2) is 61.4 Å². The summed E-state index contributed by atoms with van der Waals surface area (Å²) in [6, 6.07) is 8.22. The summed E-state index contributed by atoms with van der Waals surface area (Å²) in [7, 11) is 3.82. The molecular weight excluding hydrogens is 380 g/mol. The molecule has 0 saturated carbocycles. The minimum absolute atomic E-state index is 0.441. The number of rotatable bonds is 5. The topological polar surface area (TPSA) is 85.9 Å². The molecule has 3 aromatic heterocycles. The molecule has 4 aromatic rings. The Kier molecular flexibility index (Phi) is 4.80. The van der Waals surface area contributed by atoms with Crippen LogP contribution in [0.1, 0.15) is 18.9 Å². The van der Waals surface area contributed by atoms with E-state index in [9.17, 15) is 0 Å². The van der Waals surface area contributed by atoms with E-state index in [1.54, 1.807) is 19.6 Å². The number of likely N-dealkylation sites (tertiary alicyclic amines) is 1. The Morgan fingerprint density at radius 2 is 1.87 bits per heavy atom.